The minimum atomic E-state index is 0.125. The van der Waals surface area contributed by atoms with Crippen molar-refractivity contribution in [2.75, 3.05) is 6.61 Å². The first kappa shape index (κ1) is 8.97. The number of hydrogen-bond donors (Lipinski definition) is 1. The summed E-state index contributed by atoms with van der Waals surface area (Å²) < 4.78 is 0. The summed E-state index contributed by atoms with van der Waals surface area (Å²) in [6.45, 7) is 5.08. The first-order valence-corrected chi connectivity index (χ1v) is 4.41. The predicted octanol–water partition coefficient (Wildman–Crippen LogP) is 1.44. The second-order valence-electron chi connectivity index (χ2n) is 2.88. The minimum Gasteiger partial charge on any atom is -0.287 e. The quantitative estimate of drug-likeness (QED) is 0.630. The van der Waals surface area contributed by atoms with E-state index in [-0.39, 0.29) is 6.23 Å². The molecule has 1 N–H and O–H groups in total. The molecule has 0 aliphatic carbocycles. The molecule has 11 heavy (non-hydrogen) atoms. The van der Waals surface area contributed by atoms with Crippen LogP contribution in [0.1, 0.15) is 33.1 Å². The lowest BCUT2D eigenvalue weighted by atomic mass is 10.1. The Balaban J connectivity index is 2.16. The first-order chi connectivity index (χ1) is 5.36. The van der Waals surface area contributed by atoms with Crippen LogP contribution in [0.3, 0.4) is 0 Å². The normalized spacial score (nSPS) is 24.8. The molecule has 1 saturated heterocycles. The Morgan fingerprint density at radius 1 is 1.45 bits per heavy atom. The predicted molar refractivity (Wildman–Crippen MR) is 42.9 cm³/mol. The Hall–Kier alpha value is -0.120. The molecule has 3 nitrogen and oxygen atoms in total. The van der Waals surface area contributed by atoms with Gasteiger partial charge in [-0.25, -0.2) is 9.78 Å². The number of rotatable bonds is 4. The van der Waals surface area contributed by atoms with Gasteiger partial charge in [-0.3, -0.25) is 5.32 Å². The van der Waals surface area contributed by atoms with Gasteiger partial charge in [-0.2, -0.15) is 0 Å². The summed E-state index contributed by atoms with van der Waals surface area (Å²) in [5.41, 5.74) is 0. The van der Waals surface area contributed by atoms with Crippen LogP contribution in [-0.4, -0.2) is 18.9 Å². The smallest absolute Gasteiger partial charge is 0.146 e. The van der Waals surface area contributed by atoms with Gasteiger partial charge in [0.2, 0.25) is 0 Å². The van der Waals surface area contributed by atoms with E-state index >= 15 is 0 Å². The highest BCUT2D eigenvalue weighted by atomic mass is 17.2. The molecule has 1 heterocycles. The Labute approximate surface area is 68.0 Å². The van der Waals surface area contributed by atoms with Gasteiger partial charge in [-0.05, 0) is 12.8 Å². The Kier molecular flexibility index (Phi) is 3.83. The van der Waals surface area contributed by atoms with Gasteiger partial charge < -0.3 is 0 Å². The lowest BCUT2D eigenvalue weighted by molar-refractivity contribution is -0.281. The second-order valence-corrected chi connectivity index (χ2v) is 2.88. The van der Waals surface area contributed by atoms with Crippen molar-refractivity contribution in [3.63, 3.8) is 0 Å². The van der Waals surface area contributed by atoms with E-state index in [2.05, 4.69) is 19.2 Å². The molecule has 1 aliphatic rings. The molecule has 0 aromatic rings. The minimum absolute atomic E-state index is 0.125. The summed E-state index contributed by atoms with van der Waals surface area (Å²) >= 11 is 0. The topological polar surface area (TPSA) is 30.5 Å². The van der Waals surface area contributed by atoms with Crippen molar-refractivity contribution in [1.29, 1.82) is 0 Å². The molecule has 1 unspecified atom stereocenters. The molecule has 0 radical (unpaired) electrons. The summed E-state index contributed by atoms with van der Waals surface area (Å²) in [6, 6.07) is 0.571. The fraction of sp³-hybridized carbons (Fsp3) is 1.00. The van der Waals surface area contributed by atoms with Crippen molar-refractivity contribution in [3.8, 4) is 0 Å². The highest BCUT2D eigenvalue weighted by molar-refractivity contribution is 4.66. The van der Waals surface area contributed by atoms with Crippen LogP contribution in [0, 0.1) is 0 Å². The zero-order chi connectivity index (χ0) is 8.10. The summed E-state index contributed by atoms with van der Waals surface area (Å²) in [7, 11) is 0. The molecule has 1 fully saturated rings. The van der Waals surface area contributed by atoms with E-state index < -0.39 is 0 Å². The van der Waals surface area contributed by atoms with Crippen LogP contribution in [0.2, 0.25) is 0 Å². The molecule has 0 aromatic heterocycles. The first-order valence-electron chi connectivity index (χ1n) is 4.41. The lowest BCUT2D eigenvalue weighted by Crippen LogP contribution is -2.36. The molecule has 1 aliphatic heterocycles. The van der Waals surface area contributed by atoms with E-state index in [1.807, 2.05) is 0 Å². The maximum Gasteiger partial charge on any atom is 0.146 e. The Bertz CT molecular complexity index is 98.3. The molecular formula is C8H17NO2. The van der Waals surface area contributed by atoms with E-state index in [9.17, 15) is 0 Å². The van der Waals surface area contributed by atoms with Crippen molar-refractivity contribution < 1.29 is 9.78 Å². The fourth-order valence-corrected chi connectivity index (χ4v) is 1.23. The van der Waals surface area contributed by atoms with Gasteiger partial charge >= 0.3 is 0 Å². The largest absolute Gasteiger partial charge is 0.287 e. The molecular weight excluding hydrogens is 142 g/mol. The molecule has 3 heteroatoms. The van der Waals surface area contributed by atoms with Crippen molar-refractivity contribution in [2.24, 2.45) is 0 Å². The third-order valence-electron chi connectivity index (χ3n) is 2.05. The molecule has 0 aromatic carbocycles. The highest BCUT2D eigenvalue weighted by Gasteiger charge is 2.18. The summed E-state index contributed by atoms with van der Waals surface area (Å²) in [5.74, 6) is 0. The third kappa shape index (κ3) is 2.77. The van der Waals surface area contributed by atoms with Gasteiger partial charge in [0.25, 0.3) is 0 Å². The maximum absolute atomic E-state index is 4.98. The van der Waals surface area contributed by atoms with Crippen molar-refractivity contribution >= 4 is 0 Å². The molecule has 0 bridgehead atoms. The zero-order valence-electron chi connectivity index (χ0n) is 7.30. The SMILES string of the molecule is CCC(CC)NC1CCOO1. The average Bonchev–Trinajstić information content (AvgIpc) is 2.52. The van der Waals surface area contributed by atoms with Crippen LogP contribution in [0.4, 0.5) is 0 Å². The van der Waals surface area contributed by atoms with Crippen LogP contribution in [-0.2, 0) is 9.78 Å². The van der Waals surface area contributed by atoms with Crippen LogP contribution >= 0.6 is 0 Å². The molecule has 0 spiro atoms. The molecule has 1 rings (SSSR count). The summed E-state index contributed by atoms with van der Waals surface area (Å²) in [5, 5.41) is 3.37. The lowest BCUT2D eigenvalue weighted by Gasteiger charge is -2.17. The number of hydrogen-bond acceptors (Lipinski definition) is 3. The van der Waals surface area contributed by atoms with Crippen LogP contribution in [0.5, 0.6) is 0 Å². The highest BCUT2D eigenvalue weighted by Crippen LogP contribution is 2.08. The standard InChI is InChI=1S/C8H17NO2/c1-3-7(4-2)9-8-5-6-10-11-8/h7-9H,3-6H2,1-2H3. The van der Waals surface area contributed by atoms with Crippen LogP contribution in [0.25, 0.3) is 0 Å². The van der Waals surface area contributed by atoms with Crippen molar-refractivity contribution in [3.05, 3.63) is 0 Å². The van der Waals surface area contributed by atoms with Crippen molar-refractivity contribution in [2.45, 2.75) is 45.4 Å². The van der Waals surface area contributed by atoms with E-state index in [0.29, 0.717) is 6.04 Å². The maximum atomic E-state index is 4.98. The van der Waals surface area contributed by atoms with E-state index in [0.717, 1.165) is 25.9 Å². The summed E-state index contributed by atoms with van der Waals surface area (Å²) in [4.78, 5) is 9.76. The summed E-state index contributed by atoms with van der Waals surface area (Å²) in [6.07, 6.45) is 3.39. The number of nitrogens with one attached hydrogen (secondary N) is 1. The average molecular weight is 159 g/mol. The van der Waals surface area contributed by atoms with Gasteiger partial charge in [0, 0.05) is 12.5 Å². The van der Waals surface area contributed by atoms with Gasteiger partial charge in [0.05, 0.1) is 6.61 Å². The van der Waals surface area contributed by atoms with E-state index in [1.165, 1.54) is 0 Å². The molecule has 1 atom stereocenters. The monoisotopic (exact) mass is 159 g/mol. The van der Waals surface area contributed by atoms with Crippen LogP contribution < -0.4 is 5.32 Å². The fourth-order valence-electron chi connectivity index (χ4n) is 1.23. The molecule has 0 saturated carbocycles. The van der Waals surface area contributed by atoms with Crippen molar-refractivity contribution in [1.82, 2.24) is 5.32 Å². The molecule has 66 valence electrons. The van der Waals surface area contributed by atoms with Gasteiger partial charge in [-0.1, -0.05) is 13.8 Å². The second kappa shape index (κ2) is 4.70. The van der Waals surface area contributed by atoms with Crippen LogP contribution in [0.15, 0.2) is 0 Å². The van der Waals surface area contributed by atoms with Gasteiger partial charge in [0.1, 0.15) is 6.23 Å². The van der Waals surface area contributed by atoms with E-state index in [1.54, 1.807) is 0 Å². The zero-order valence-corrected chi connectivity index (χ0v) is 7.30. The third-order valence-corrected chi connectivity index (χ3v) is 2.05. The van der Waals surface area contributed by atoms with E-state index in [4.69, 9.17) is 9.78 Å². The Morgan fingerprint density at radius 2 is 2.18 bits per heavy atom. The Morgan fingerprint density at radius 3 is 2.64 bits per heavy atom. The van der Waals surface area contributed by atoms with Gasteiger partial charge in [0.15, 0.2) is 0 Å². The molecule has 0 amide bonds. The van der Waals surface area contributed by atoms with Gasteiger partial charge in [-0.15, -0.1) is 0 Å².